The number of thioether (sulfide) groups is 1. The molecular formula is C23H20ClN5O2S. The lowest BCUT2D eigenvalue weighted by Gasteiger charge is -2.27. The lowest BCUT2D eigenvalue weighted by atomic mass is 9.95. The van der Waals surface area contributed by atoms with Crippen LogP contribution in [0.2, 0.25) is 5.02 Å². The van der Waals surface area contributed by atoms with Crippen LogP contribution >= 0.6 is 23.4 Å². The van der Waals surface area contributed by atoms with Gasteiger partial charge in [0.25, 0.3) is 0 Å². The van der Waals surface area contributed by atoms with Gasteiger partial charge in [-0.25, -0.2) is 9.48 Å². The molecule has 1 unspecified atom stereocenters. The number of carbonyl (C=O) groups excluding carboxylic acids is 1. The SMILES string of the molecule is COC(=O)C1=C(C)Nc2nc(SCc3ccccc3Cl)nn2C1c1c[nH]c2ccccc12. The summed E-state index contributed by atoms with van der Waals surface area (Å²) >= 11 is 7.78. The number of para-hydroxylation sites is 1. The number of rotatable bonds is 5. The molecule has 5 rings (SSSR count). The lowest BCUT2D eigenvalue weighted by molar-refractivity contribution is -0.136. The molecule has 0 spiro atoms. The highest BCUT2D eigenvalue weighted by Crippen LogP contribution is 2.39. The second-order valence-electron chi connectivity index (χ2n) is 7.39. The molecule has 2 aromatic heterocycles. The predicted octanol–water partition coefficient (Wildman–Crippen LogP) is 5.17. The van der Waals surface area contributed by atoms with Gasteiger partial charge < -0.3 is 15.0 Å². The van der Waals surface area contributed by atoms with E-state index < -0.39 is 12.0 Å². The standard InChI is InChI=1S/C23H20ClN5O2S/c1-13-19(21(30)31-2)20(16-11-25-18-10-6-4-8-15(16)18)29-22(26-13)27-23(28-29)32-12-14-7-3-5-9-17(14)24/h3-11,20,25H,12H2,1-2H3,(H,26,27,28). The van der Waals surface area contributed by atoms with Gasteiger partial charge in [0.15, 0.2) is 0 Å². The molecule has 0 saturated heterocycles. The van der Waals surface area contributed by atoms with E-state index in [1.807, 2.05) is 61.7 Å². The molecule has 0 aliphatic carbocycles. The Hall–Kier alpha value is -3.23. The van der Waals surface area contributed by atoms with E-state index in [2.05, 4.69) is 15.3 Å². The minimum Gasteiger partial charge on any atom is -0.466 e. The molecule has 1 atom stereocenters. The van der Waals surface area contributed by atoms with E-state index in [9.17, 15) is 4.79 Å². The Morgan fingerprint density at radius 3 is 2.81 bits per heavy atom. The normalized spacial score (nSPS) is 15.5. The molecule has 3 heterocycles. The van der Waals surface area contributed by atoms with Crippen LogP contribution in [0.4, 0.5) is 5.95 Å². The van der Waals surface area contributed by atoms with E-state index in [4.69, 9.17) is 21.4 Å². The average Bonchev–Trinajstić information content (AvgIpc) is 3.41. The van der Waals surface area contributed by atoms with Gasteiger partial charge in [0.1, 0.15) is 6.04 Å². The molecule has 0 bridgehead atoms. The van der Waals surface area contributed by atoms with Crippen molar-refractivity contribution >= 4 is 46.2 Å². The van der Waals surface area contributed by atoms with E-state index in [1.54, 1.807) is 4.68 Å². The smallest absolute Gasteiger partial charge is 0.338 e. The first-order valence-electron chi connectivity index (χ1n) is 10.0. The minimum atomic E-state index is -0.475. The fourth-order valence-electron chi connectivity index (χ4n) is 3.93. The Labute approximate surface area is 193 Å². The summed E-state index contributed by atoms with van der Waals surface area (Å²) in [4.78, 5) is 20.7. The van der Waals surface area contributed by atoms with E-state index in [0.29, 0.717) is 33.2 Å². The van der Waals surface area contributed by atoms with Crippen molar-refractivity contribution in [2.24, 2.45) is 0 Å². The molecule has 4 aromatic rings. The maximum Gasteiger partial charge on any atom is 0.338 e. The number of H-pyrrole nitrogens is 1. The number of hydrogen-bond acceptors (Lipinski definition) is 6. The number of halogens is 1. The molecule has 32 heavy (non-hydrogen) atoms. The number of fused-ring (bicyclic) bond motifs is 2. The second-order valence-corrected chi connectivity index (χ2v) is 8.74. The Morgan fingerprint density at radius 1 is 1.22 bits per heavy atom. The zero-order valence-electron chi connectivity index (χ0n) is 17.4. The Kier molecular flexibility index (Phi) is 5.40. The van der Waals surface area contributed by atoms with Gasteiger partial charge in [0.05, 0.1) is 12.7 Å². The second kappa shape index (κ2) is 8.37. The van der Waals surface area contributed by atoms with Crippen LogP contribution in [0.3, 0.4) is 0 Å². The van der Waals surface area contributed by atoms with Crippen molar-refractivity contribution < 1.29 is 9.53 Å². The first kappa shape index (κ1) is 20.7. The molecule has 9 heteroatoms. The summed E-state index contributed by atoms with van der Waals surface area (Å²) in [7, 11) is 1.39. The van der Waals surface area contributed by atoms with E-state index in [1.165, 1.54) is 18.9 Å². The van der Waals surface area contributed by atoms with Crippen molar-refractivity contribution in [3.8, 4) is 0 Å². The number of nitrogens with zero attached hydrogens (tertiary/aromatic N) is 3. The first-order chi connectivity index (χ1) is 15.6. The van der Waals surface area contributed by atoms with Crippen LogP contribution < -0.4 is 5.32 Å². The molecule has 7 nitrogen and oxygen atoms in total. The van der Waals surface area contributed by atoms with Crippen molar-refractivity contribution in [1.29, 1.82) is 0 Å². The number of ether oxygens (including phenoxy) is 1. The topological polar surface area (TPSA) is 84.8 Å². The quantitative estimate of drug-likeness (QED) is 0.312. The maximum atomic E-state index is 12.8. The van der Waals surface area contributed by atoms with E-state index in [0.717, 1.165) is 22.0 Å². The number of benzene rings is 2. The summed E-state index contributed by atoms with van der Waals surface area (Å²) in [6, 6.07) is 15.2. The predicted molar refractivity (Wildman–Crippen MR) is 126 cm³/mol. The van der Waals surface area contributed by atoms with Crippen LogP contribution in [-0.2, 0) is 15.3 Å². The zero-order valence-corrected chi connectivity index (χ0v) is 19.0. The van der Waals surface area contributed by atoms with Crippen LogP contribution in [0.25, 0.3) is 10.9 Å². The monoisotopic (exact) mass is 465 g/mol. The van der Waals surface area contributed by atoms with Gasteiger partial charge in [0, 0.05) is 39.1 Å². The molecule has 2 N–H and O–H groups in total. The fourth-order valence-corrected chi connectivity index (χ4v) is 5.05. The third-order valence-corrected chi connectivity index (χ3v) is 6.72. The van der Waals surface area contributed by atoms with Crippen LogP contribution in [0.1, 0.15) is 24.1 Å². The number of esters is 1. The Morgan fingerprint density at radius 2 is 2.00 bits per heavy atom. The van der Waals surface area contributed by atoms with Crippen LogP contribution in [-0.4, -0.2) is 32.8 Å². The van der Waals surface area contributed by atoms with Crippen LogP contribution in [0, 0.1) is 0 Å². The summed E-state index contributed by atoms with van der Waals surface area (Å²) in [5, 5.41) is 10.3. The average molecular weight is 466 g/mol. The molecule has 0 radical (unpaired) electrons. The van der Waals surface area contributed by atoms with Crippen LogP contribution in [0.5, 0.6) is 0 Å². The molecule has 2 aromatic carbocycles. The summed E-state index contributed by atoms with van der Waals surface area (Å²) in [5.41, 5.74) is 4.11. The van der Waals surface area contributed by atoms with Gasteiger partial charge >= 0.3 is 5.97 Å². The summed E-state index contributed by atoms with van der Waals surface area (Å²) < 4.78 is 6.87. The summed E-state index contributed by atoms with van der Waals surface area (Å²) in [5.74, 6) is 0.806. The van der Waals surface area contributed by atoms with Crippen molar-refractivity contribution in [3.63, 3.8) is 0 Å². The van der Waals surface area contributed by atoms with Gasteiger partial charge in [-0.05, 0) is 24.6 Å². The van der Waals surface area contributed by atoms with E-state index >= 15 is 0 Å². The van der Waals surface area contributed by atoms with Gasteiger partial charge in [-0.2, -0.15) is 4.98 Å². The molecule has 1 aliphatic rings. The number of hydrogen-bond donors (Lipinski definition) is 2. The highest BCUT2D eigenvalue weighted by Gasteiger charge is 2.36. The third-order valence-electron chi connectivity index (χ3n) is 5.47. The minimum absolute atomic E-state index is 0.406. The number of allylic oxidation sites excluding steroid dienone is 1. The van der Waals surface area contributed by atoms with E-state index in [-0.39, 0.29) is 0 Å². The number of carbonyl (C=O) groups is 1. The van der Waals surface area contributed by atoms with Crippen molar-refractivity contribution in [3.05, 3.63) is 82.1 Å². The van der Waals surface area contributed by atoms with Crippen molar-refractivity contribution in [1.82, 2.24) is 19.7 Å². The number of nitrogens with one attached hydrogen (secondary N) is 2. The van der Waals surface area contributed by atoms with Gasteiger partial charge in [-0.1, -0.05) is 59.8 Å². The first-order valence-corrected chi connectivity index (χ1v) is 11.4. The largest absolute Gasteiger partial charge is 0.466 e. The van der Waals surface area contributed by atoms with Crippen LogP contribution in [0.15, 0.2) is 71.2 Å². The number of aromatic nitrogens is 4. The molecule has 162 valence electrons. The number of anilines is 1. The molecule has 1 aliphatic heterocycles. The summed E-state index contributed by atoms with van der Waals surface area (Å²) in [6.07, 6.45) is 1.92. The third kappa shape index (κ3) is 3.55. The summed E-state index contributed by atoms with van der Waals surface area (Å²) in [6.45, 7) is 1.85. The Balaban J connectivity index is 1.57. The van der Waals surface area contributed by atoms with Gasteiger partial charge in [-0.15, -0.1) is 5.10 Å². The zero-order chi connectivity index (χ0) is 22.2. The number of aromatic amines is 1. The number of methoxy groups -OCH3 is 1. The van der Waals surface area contributed by atoms with Gasteiger partial charge in [0.2, 0.25) is 11.1 Å². The lowest BCUT2D eigenvalue weighted by Crippen LogP contribution is -2.29. The molecule has 0 fully saturated rings. The molecule has 0 amide bonds. The van der Waals surface area contributed by atoms with Crippen molar-refractivity contribution in [2.75, 3.05) is 12.4 Å². The van der Waals surface area contributed by atoms with Crippen molar-refractivity contribution in [2.45, 2.75) is 23.9 Å². The Bertz CT molecular complexity index is 1360. The molecular weight excluding hydrogens is 446 g/mol. The maximum absolute atomic E-state index is 12.8. The highest BCUT2D eigenvalue weighted by atomic mass is 35.5. The highest BCUT2D eigenvalue weighted by molar-refractivity contribution is 7.98. The fraction of sp³-hybridized carbons (Fsp3) is 0.174. The molecule has 0 saturated carbocycles. The van der Waals surface area contributed by atoms with Gasteiger partial charge in [-0.3, -0.25) is 0 Å².